The van der Waals surface area contributed by atoms with Crippen molar-refractivity contribution in [2.24, 2.45) is 5.10 Å². The molecule has 3 rings (SSSR count). The molecule has 0 aliphatic heterocycles. The molecule has 21 heavy (non-hydrogen) atoms. The molecule has 0 aliphatic rings. The van der Waals surface area contributed by atoms with Gasteiger partial charge in [0.15, 0.2) is 0 Å². The molecule has 0 saturated carbocycles. The number of nitrogens with one attached hydrogen (secondary N) is 1. The van der Waals surface area contributed by atoms with E-state index in [1.807, 2.05) is 24.3 Å². The van der Waals surface area contributed by atoms with Crippen LogP contribution in [0.1, 0.15) is 15.9 Å². The Morgan fingerprint density at radius 2 is 1.95 bits per heavy atom. The molecule has 6 heteroatoms. The van der Waals surface area contributed by atoms with Gasteiger partial charge in [-0.25, -0.2) is 9.78 Å². The summed E-state index contributed by atoms with van der Waals surface area (Å²) in [6.45, 7) is 0. The third-order valence-corrected chi connectivity index (χ3v) is 3.77. The number of aromatic nitrogens is 1. The molecule has 0 spiro atoms. The molecular formula is C15H11N3O2S. The molecule has 0 unspecified atom stereocenters. The minimum absolute atomic E-state index is 0.256. The first-order valence-corrected chi connectivity index (χ1v) is 7.02. The van der Waals surface area contributed by atoms with E-state index < -0.39 is 5.97 Å². The number of hydrogen-bond donors (Lipinski definition) is 2. The van der Waals surface area contributed by atoms with Crippen LogP contribution in [0.25, 0.3) is 10.2 Å². The zero-order valence-electron chi connectivity index (χ0n) is 10.9. The standard InChI is InChI=1S/C15H11N3O2S/c19-14(20)11-7-5-10(6-8-11)9-16-18-15-17-12-3-1-2-4-13(12)21-15/h1-9H,(H,17,18)(H,19,20)/b16-9-. The summed E-state index contributed by atoms with van der Waals surface area (Å²) in [6.07, 6.45) is 1.62. The van der Waals surface area contributed by atoms with Crippen LogP contribution in [0.3, 0.4) is 0 Å². The fraction of sp³-hybridized carbons (Fsp3) is 0. The van der Waals surface area contributed by atoms with E-state index in [-0.39, 0.29) is 5.56 Å². The van der Waals surface area contributed by atoms with E-state index >= 15 is 0 Å². The monoisotopic (exact) mass is 297 g/mol. The minimum atomic E-state index is -0.939. The van der Waals surface area contributed by atoms with Crippen molar-refractivity contribution in [3.05, 3.63) is 59.7 Å². The number of hydrazone groups is 1. The summed E-state index contributed by atoms with van der Waals surface area (Å²) in [6, 6.07) is 14.4. The zero-order valence-corrected chi connectivity index (χ0v) is 11.7. The van der Waals surface area contributed by atoms with Gasteiger partial charge in [-0.1, -0.05) is 35.6 Å². The Hall–Kier alpha value is -2.73. The smallest absolute Gasteiger partial charge is 0.335 e. The number of benzene rings is 2. The molecule has 2 aromatic carbocycles. The molecule has 104 valence electrons. The van der Waals surface area contributed by atoms with Crippen molar-refractivity contribution in [2.75, 3.05) is 5.43 Å². The highest BCUT2D eigenvalue weighted by Crippen LogP contribution is 2.25. The quantitative estimate of drug-likeness (QED) is 0.571. The largest absolute Gasteiger partial charge is 0.478 e. The first-order valence-electron chi connectivity index (χ1n) is 6.20. The highest BCUT2D eigenvalue weighted by atomic mass is 32.1. The maximum atomic E-state index is 10.7. The van der Waals surface area contributed by atoms with Gasteiger partial charge in [0.2, 0.25) is 5.13 Å². The summed E-state index contributed by atoms with van der Waals surface area (Å²) in [5, 5.41) is 13.6. The number of nitrogens with zero attached hydrogens (tertiary/aromatic N) is 2. The molecule has 0 saturated heterocycles. The van der Waals surface area contributed by atoms with Crippen LogP contribution >= 0.6 is 11.3 Å². The zero-order chi connectivity index (χ0) is 14.7. The molecular weight excluding hydrogens is 286 g/mol. The molecule has 5 nitrogen and oxygen atoms in total. The number of fused-ring (bicyclic) bond motifs is 1. The number of rotatable bonds is 4. The van der Waals surface area contributed by atoms with E-state index in [4.69, 9.17) is 5.11 Å². The first-order chi connectivity index (χ1) is 10.2. The van der Waals surface area contributed by atoms with Gasteiger partial charge in [-0.05, 0) is 29.8 Å². The van der Waals surface area contributed by atoms with E-state index in [1.54, 1.807) is 30.5 Å². The summed E-state index contributed by atoms with van der Waals surface area (Å²) in [5.74, 6) is -0.939. The summed E-state index contributed by atoms with van der Waals surface area (Å²) >= 11 is 1.53. The summed E-state index contributed by atoms with van der Waals surface area (Å²) in [5.41, 5.74) is 4.89. The Labute approximate surface area is 124 Å². The normalized spacial score (nSPS) is 11.0. The number of carbonyl (C=O) groups is 1. The van der Waals surface area contributed by atoms with Crippen molar-refractivity contribution in [1.29, 1.82) is 0 Å². The van der Waals surface area contributed by atoms with Crippen LogP contribution in [0.4, 0.5) is 5.13 Å². The lowest BCUT2D eigenvalue weighted by atomic mass is 10.1. The van der Waals surface area contributed by atoms with Crippen molar-refractivity contribution in [2.45, 2.75) is 0 Å². The number of hydrogen-bond acceptors (Lipinski definition) is 5. The van der Waals surface area contributed by atoms with Gasteiger partial charge >= 0.3 is 5.97 Å². The Kier molecular flexibility index (Phi) is 3.61. The molecule has 0 amide bonds. The van der Waals surface area contributed by atoms with Gasteiger partial charge in [-0.3, -0.25) is 5.43 Å². The van der Waals surface area contributed by atoms with Crippen LogP contribution in [-0.4, -0.2) is 22.3 Å². The van der Waals surface area contributed by atoms with Crippen molar-refractivity contribution in [1.82, 2.24) is 4.98 Å². The molecule has 1 aromatic heterocycles. The molecule has 0 radical (unpaired) electrons. The van der Waals surface area contributed by atoms with Crippen LogP contribution in [-0.2, 0) is 0 Å². The van der Waals surface area contributed by atoms with Crippen molar-refractivity contribution in [3.63, 3.8) is 0 Å². The number of carboxylic acids is 1. The van der Waals surface area contributed by atoms with Crippen LogP contribution in [0.2, 0.25) is 0 Å². The number of para-hydroxylation sites is 1. The lowest BCUT2D eigenvalue weighted by Gasteiger charge is -1.96. The lowest BCUT2D eigenvalue weighted by Crippen LogP contribution is -1.96. The molecule has 3 aromatic rings. The average Bonchev–Trinajstić information content (AvgIpc) is 2.90. The predicted octanol–water partition coefficient (Wildman–Crippen LogP) is 3.44. The molecule has 2 N–H and O–H groups in total. The SMILES string of the molecule is O=C(O)c1ccc(/C=N\Nc2nc3ccccc3s2)cc1. The predicted molar refractivity (Wildman–Crippen MR) is 84.2 cm³/mol. The van der Waals surface area contributed by atoms with Gasteiger partial charge in [0.05, 0.1) is 22.0 Å². The number of aromatic carboxylic acids is 1. The Bertz CT molecular complexity index is 776. The van der Waals surface area contributed by atoms with Crippen molar-refractivity contribution < 1.29 is 9.90 Å². The van der Waals surface area contributed by atoms with E-state index in [1.165, 1.54) is 11.3 Å². The number of thiazole rings is 1. The van der Waals surface area contributed by atoms with Gasteiger partial charge in [0, 0.05) is 0 Å². The Morgan fingerprint density at radius 1 is 1.19 bits per heavy atom. The molecule has 0 atom stereocenters. The molecule has 1 heterocycles. The summed E-state index contributed by atoms with van der Waals surface area (Å²) in [4.78, 5) is 15.1. The van der Waals surface area contributed by atoms with Gasteiger partial charge in [-0.2, -0.15) is 5.10 Å². The minimum Gasteiger partial charge on any atom is -0.478 e. The van der Waals surface area contributed by atoms with Gasteiger partial charge in [-0.15, -0.1) is 0 Å². The summed E-state index contributed by atoms with van der Waals surface area (Å²) in [7, 11) is 0. The first kappa shape index (κ1) is 13.3. The van der Waals surface area contributed by atoms with E-state index in [2.05, 4.69) is 15.5 Å². The Morgan fingerprint density at radius 3 is 2.67 bits per heavy atom. The molecule has 0 bridgehead atoms. The van der Waals surface area contributed by atoms with Crippen LogP contribution in [0, 0.1) is 0 Å². The van der Waals surface area contributed by atoms with Gasteiger partial charge in [0.1, 0.15) is 0 Å². The lowest BCUT2D eigenvalue weighted by molar-refractivity contribution is 0.0697. The van der Waals surface area contributed by atoms with E-state index in [0.29, 0.717) is 0 Å². The third-order valence-electron chi connectivity index (χ3n) is 2.83. The van der Waals surface area contributed by atoms with Gasteiger partial charge in [0.25, 0.3) is 0 Å². The molecule has 0 fully saturated rings. The Balaban J connectivity index is 1.70. The number of carboxylic acid groups (broad SMARTS) is 1. The number of anilines is 1. The van der Waals surface area contributed by atoms with Crippen LogP contribution < -0.4 is 5.43 Å². The average molecular weight is 297 g/mol. The van der Waals surface area contributed by atoms with Crippen molar-refractivity contribution in [3.8, 4) is 0 Å². The second-order valence-corrected chi connectivity index (χ2v) is 5.31. The maximum absolute atomic E-state index is 10.7. The third kappa shape index (κ3) is 3.06. The fourth-order valence-electron chi connectivity index (χ4n) is 1.79. The topological polar surface area (TPSA) is 74.6 Å². The maximum Gasteiger partial charge on any atom is 0.335 e. The van der Waals surface area contributed by atoms with Crippen LogP contribution in [0.15, 0.2) is 53.6 Å². The second-order valence-electron chi connectivity index (χ2n) is 4.28. The highest BCUT2D eigenvalue weighted by Gasteiger charge is 2.02. The van der Waals surface area contributed by atoms with Crippen molar-refractivity contribution >= 4 is 38.9 Å². The second kappa shape index (κ2) is 5.72. The van der Waals surface area contributed by atoms with Crippen LogP contribution in [0.5, 0.6) is 0 Å². The highest BCUT2D eigenvalue weighted by molar-refractivity contribution is 7.22. The van der Waals surface area contributed by atoms with E-state index in [0.717, 1.165) is 20.9 Å². The summed E-state index contributed by atoms with van der Waals surface area (Å²) < 4.78 is 1.10. The van der Waals surface area contributed by atoms with E-state index in [9.17, 15) is 4.79 Å². The van der Waals surface area contributed by atoms with Gasteiger partial charge < -0.3 is 5.11 Å². The fourth-order valence-corrected chi connectivity index (χ4v) is 2.61. The molecule has 0 aliphatic carbocycles.